The van der Waals surface area contributed by atoms with Crippen molar-refractivity contribution >= 4 is 51.3 Å². The Labute approximate surface area is 206 Å². The first kappa shape index (κ1) is 23.0. The number of likely N-dealkylation sites (tertiary alicyclic amines) is 3. The van der Waals surface area contributed by atoms with Crippen molar-refractivity contribution in [1.29, 1.82) is 0 Å². The zero-order chi connectivity index (χ0) is 21.1. The molecule has 0 saturated carbocycles. The fourth-order valence-corrected chi connectivity index (χ4v) is 6.94. The van der Waals surface area contributed by atoms with Crippen molar-refractivity contribution in [3.05, 3.63) is 17.2 Å². The van der Waals surface area contributed by atoms with E-state index in [4.69, 9.17) is 4.98 Å². The van der Waals surface area contributed by atoms with Gasteiger partial charge in [0.2, 0.25) is 0 Å². The van der Waals surface area contributed by atoms with Crippen LogP contribution in [0.4, 0.5) is 4.79 Å². The molecule has 3 saturated heterocycles. The average Bonchev–Trinajstić information content (AvgIpc) is 3.50. The molecule has 9 heteroatoms. The Balaban J connectivity index is 1.48. The van der Waals surface area contributed by atoms with Crippen molar-refractivity contribution in [3.8, 4) is 0 Å². The Morgan fingerprint density at radius 2 is 1.50 bits per heavy atom. The zero-order valence-corrected chi connectivity index (χ0v) is 21.8. The predicted molar refractivity (Wildman–Crippen MR) is 135 cm³/mol. The van der Waals surface area contributed by atoms with Crippen LogP contribution in [0.1, 0.15) is 61.7 Å². The maximum Gasteiger partial charge on any atom is 0.407 e. The van der Waals surface area contributed by atoms with Crippen LogP contribution in [0.5, 0.6) is 0 Å². The number of aromatic amines is 1. The molecule has 0 aromatic carbocycles. The minimum absolute atomic E-state index is 0.340. The number of carboxylic acid groups (broad SMARTS) is 1. The summed E-state index contributed by atoms with van der Waals surface area (Å²) in [5.74, 6) is 1.42. The van der Waals surface area contributed by atoms with E-state index in [9.17, 15) is 9.90 Å². The predicted octanol–water partition coefficient (Wildman–Crippen LogP) is 4.07. The van der Waals surface area contributed by atoms with E-state index < -0.39 is 6.09 Å². The first-order chi connectivity index (χ1) is 14.5. The number of nitrogens with zero attached hydrogens (tertiary/aromatic N) is 4. The van der Waals surface area contributed by atoms with Crippen LogP contribution >= 0.6 is 45.2 Å². The lowest BCUT2D eigenvalue weighted by Crippen LogP contribution is -2.37. The van der Waals surface area contributed by atoms with Crippen LogP contribution in [-0.4, -0.2) is 83.2 Å². The molecule has 7 nitrogen and oxygen atoms in total. The minimum atomic E-state index is -0.800. The third kappa shape index (κ3) is 5.61. The molecule has 0 spiro atoms. The highest BCUT2D eigenvalue weighted by molar-refractivity contribution is 14.1. The number of alkyl halides is 2. The zero-order valence-electron chi connectivity index (χ0n) is 17.5. The molecule has 1 amide bonds. The van der Waals surface area contributed by atoms with Crippen molar-refractivity contribution in [3.63, 3.8) is 0 Å². The summed E-state index contributed by atoms with van der Waals surface area (Å²) in [5, 5.41) is 9.24. The normalized spacial score (nSPS) is 23.9. The molecule has 3 aliphatic heterocycles. The highest BCUT2D eigenvalue weighted by atomic mass is 127. The Kier molecular flexibility index (Phi) is 8.18. The van der Waals surface area contributed by atoms with Crippen LogP contribution in [0.15, 0.2) is 0 Å². The number of piperidine rings is 1. The summed E-state index contributed by atoms with van der Waals surface area (Å²) in [4.78, 5) is 26.8. The third-order valence-electron chi connectivity index (χ3n) is 6.84. The molecule has 0 radical (unpaired) electrons. The molecule has 2 N–H and O–H groups in total. The smallest absolute Gasteiger partial charge is 0.407 e. The van der Waals surface area contributed by atoms with Gasteiger partial charge in [-0.2, -0.15) is 0 Å². The van der Waals surface area contributed by atoms with Gasteiger partial charge in [0, 0.05) is 37.5 Å². The van der Waals surface area contributed by atoms with Gasteiger partial charge in [0.1, 0.15) is 5.82 Å². The molecule has 2 atom stereocenters. The number of imidazole rings is 1. The molecule has 0 aliphatic carbocycles. The molecular weight excluding hydrogens is 608 g/mol. The molecule has 0 bridgehead atoms. The van der Waals surface area contributed by atoms with E-state index in [1.165, 1.54) is 68.2 Å². The number of halogens is 2. The Morgan fingerprint density at radius 1 is 0.967 bits per heavy atom. The summed E-state index contributed by atoms with van der Waals surface area (Å²) in [5.41, 5.74) is 2.54. The number of H-pyrrole nitrogens is 1. The maximum atomic E-state index is 11.2. The summed E-state index contributed by atoms with van der Waals surface area (Å²) in [7, 11) is 0. The third-order valence-corrected chi connectivity index (χ3v) is 9.30. The van der Waals surface area contributed by atoms with Crippen LogP contribution < -0.4 is 0 Å². The lowest BCUT2D eigenvalue weighted by Gasteiger charge is -2.28. The number of nitrogens with one attached hydrogen (secondary N) is 1. The van der Waals surface area contributed by atoms with E-state index in [1.54, 1.807) is 0 Å². The molecule has 4 rings (SSSR count). The number of amides is 1. The number of hydrogen-bond acceptors (Lipinski definition) is 4. The molecular formula is C21H33I2N5O2. The van der Waals surface area contributed by atoms with E-state index in [1.807, 2.05) is 0 Å². The Bertz CT molecular complexity index is 669. The largest absolute Gasteiger partial charge is 0.465 e. The van der Waals surface area contributed by atoms with Gasteiger partial charge in [0.05, 0.1) is 13.8 Å². The quantitative estimate of drug-likeness (QED) is 0.267. The summed E-state index contributed by atoms with van der Waals surface area (Å²) in [6, 6.07) is 0. The van der Waals surface area contributed by atoms with E-state index in [0.717, 1.165) is 31.5 Å². The standard InChI is InChI=1S/C21H33I2N5O2/c22-18(26-7-1-2-8-26)13-16-17(14-19(23)27-9-3-4-10-27)25-20(24-16)15-5-11-28(12-6-15)21(29)30/h15,18-19H,1-14H2,(H,24,25)(H,29,30). The maximum absolute atomic E-state index is 11.2. The fraction of sp³-hybridized carbons (Fsp3) is 0.810. The summed E-state index contributed by atoms with van der Waals surface area (Å²) >= 11 is 5.20. The van der Waals surface area contributed by atoms with Crippen molar-refractivity contribution in [1.82, 2.24) is 24.7 Å². The average molecular weight is 641 g/mol. The van der Waals surface area contributed by atoms with Crippen LogP contribution in [0.2, 0.25) is 0 Å². The van der Waals surface area contributed by atoms with E-state index in [2.05, 4.69) is 60.0 Å². The highest BCUT2D eigenvalue weighted by Crippen LogP contribution is 2.30. The molecule has 30 heavy (non-hydrogen) atoms. The summed E-state index contributed by atoms with van der Waals surface area (Å²) in [6.45, 7) is 6.04. The fourth-order valence-electron chi connectivity index (χ4n) is 4.97. The second kappa shape index (κ2) is 10.7. The molecule has 3 aliphatic rings. The Morgan fingerprint density at radius 3 is 2.03 bits per heavy atom. The van der Waals surface area contributed by atoms with Crippen molar-refractivity contribution in [2.24, 2.45) is 0 Å². The minimum Gasteiger partial charge on any atom is -0.465 e. The van der Waals surface area contributed by atoms with Gasteiger partial charge in [-0.15, -0.1) is 0 Å². The second-order valence-corrected chi connectivity index (χ2v) is 11.7. The first-order valence-corrected chi connectivity index (χ1v) is 13.8. The monoisotopic (exact) mass is 641 g/mol. The lowest BCUT2D eigenvalue weighted by atomic mass is 9.96. The van der Waals surface area contributed by atoms with Crippen LogP contribution in [-0.2, 0) is 12.8 Å². The molecule has 1 aromatic heterocycles. The van der Waals surface area contributed by atoms with Crippen molar-refractivity contribution in [2.75, 3.05) is 39.3 Å². The van der Waals surface area contributed by atoms with Crippen LogP contribution in [0.3, 0.4) is 0 Å². The molecule has 4 heterocycles. The summed E-state index contributed by atoms with van der Waals surface area (Å²) < 4.78 is 0.999. The number of aromatic nitrogens is 2. The first-order valence-electron chi connectivity index (χ1n) is 11.3. The van der Waals surface area contributed by atoms with Gasteiger partial charge >= 0.3 is 6.09 Å². The Hall–Kier alpha value is -0.140. The van der Waals surface area contributed by atoms with Gasteiger partial charge < -0.3 is 15.0 Å². The second-order valence-electron chi connectivity index (χ2n) is 8.85. The lowest BCUT2D eigenvalue weighted by molar-refractivity contribution is 0.131. The number of carbonyl (C=O) groups is 1. The SMILES string of the molecule is O=C(O)N1CCC(c2nc(CC(I)N3CCCC3)c(CC(I)N3CCCC3)[nH]2)CC1. The van der Waals surface area contributed by atoms with Crippen LogP contribution in [0.25, 0.3) is 0 Å². The number of rotatable bonds is 7. The van der Waals surface area contributed by atoms with Gasteiger partial charge in [0.15, 0.2) is 0 Å². The molecule has 168 valence electrons. The van der Waals surface area contributed by atoms with Crippen LogP contribution in [0, 0.1) is 0 Å². The van der Waals surface area contributed by atoms with Crippen molar-refractivity contribution < 1.29 is 9.90 Å². The number of hydrogen-bond donors (Lipinski definition) is 2. The van der Waals surface area contributed by atoms with Gasteiger partial charge in [-0.25, -0.2) is 9.78 Å². The molecule has 2 unspecified atom stereocenters. The highest BCUT2D eigenvalue weighted by Gasteiger charge is 2.29. The molecule has 3 fully saturated rings. The topological polar surface area (TPSA) is 75.7 Å². The van der Waals surface area contributed by atoms with Gasteiger partial charge in [-0.1, -0.05) is 45.2 Å². The molecule has 1 aromatic rings. The summed E-state index contributed by atoms with van der Waals surface area (Å²) in [6.07, 6.45) is 8.17. The van der Waals surface area contributed by atoms with Gasteiger partial charge in [0.25, 0.3) is 0 Å². The van der Waals surface area contributed by atoms with E-state index in [0.29, 0.717) is 27.1 Å². The van der Waals surface area contributed by atoms with Gasteiger partial charge in [-0.3, -0.25) is 9.80 Å². The van der Waals surface area contributed by atoms with Crippen molar-refractivity contribution in [2.45, 2.75) is 65.4 Å². The van der Waals surface area contributed by atoms with E-state index in [-0.39, 0.29) is 0 Å². The van der Waals surface area contributed by atoms with E-state index >= 15 is 0 Å². The van der Waals surface area contributed by atoms with Gasteiger partial charge in [-0.05, 0) is 64.7 Å².